The predicted octanol–water partition coefficient (Wildman–Crippen LogP) is 2.95. The summed E-state index contributed by atoms with van der Waals surface area (Å²) in [7, 11) is 0. The minimum atomic E-state index is -1.03. The Bertz CT molecular complexity index is 710. The van der Waals surface area contributed by atoms with Crippen LogP contribution in [-0.2, 0) is 20.9 Å². The summed E-state index contributed by atoms with van der Waals surface area (Å²) in [6.45, 7) is 0.414. The molecule has 5 nitrogen and oxygen atoms in total. The molecule has 0 radical (unpaired) electrons. The molecule has 23 heavy (non-hydrogen) atoms. The van der Waals surface area contributed by atoms with Crippen molar-refractivity contribution < 1.29 is 24.2 Å². The van der Waals surface area contributed by atoms with Gasteiger partial charge in [0.15, 0.2) is 0 Å². The smallest absolute Gasteiger partial charge is 0.311 e. The fourth-order valence-corrected chi connectivity index (χ4v) is 2.60. The lowest BCUT2D eigenvalue weighted by atomic mass is 9.95. The van der Waals surface area contributed by atoms with E-state index in [4.69, 9.17) is 9.47 Å². The summed E-state index contributed by atoms with van der Waals surface area (Å²) < 4.78 is 10.9. The number of aliphatic carboxylic acids is 1. The first-order valence-electron chi connectivity index (χ1n) is 7.32. The van der Waals surface area contributed by atoms with Crippen molar-refractivity contribution in [3.63, 3.8) is 0 Å². The fourth-order valence-electron chi connectivity index (χ4n) is 2.60. The number of hydrogen-bond donors (Lipinski definition) is 1. The Kier molecular flexibility index (Phi) is 4.28. The molecule has 0 aromatic heterocycles. The van der Waals surface area contributed by atoms with Crippen molar-refractivity contribution in [2.45, 2.75) is 19.1 Å². The van der Waals surface area contributed by atoms with Gasteiger partial charge < -0.3 is 14.6 Å². The Labute approximate surface area is 133 Å². The number of carboxylic acid groups (broad SMARTS) is 1. The van der Waals surface area contributed by atoms with Crippen LogP contribution in [0.2, 0.25) is 0 Å². The van der Waals surface area contributed by atoms with Gasteiger partial charge in [-0.15, -0.1) is 0 Å². The van der Waals surface area contributed by atoms with Gasteiger partial charge in [0.25, 0.3) is 0 Å². The van der Waals surface area contributed by atoms with Crippen LogP contribution in [-0.4, -0.2) is 17.0 Å². The number of hydrogen-bond acceptors (Lipinski definition) is 4. The molecule has 0 unspecified atom stereocenters. The maximum absolute atomic E-state index is 11.4. The molecule has 5 heteroatoms. The third-order valence-electron chi connectivity index (χ3n) is 3.76. The van der Waals surface area contributed by atoms with Crippen LogP contribution < -0.4 is 4.74 Å². The lowest BCUT2D eigenvalue weighted by Gasteiger charge is -2.15. The largest absolute Gasteiger partial charge is 0.489 e. The van der Waals surface area contributed by atoms with Gasteiger partial charge in [0.2, 0.25) is 0 Å². The number of benzene rings is 2. The van der Waals surface area contributed by atoms with E-state index in [-0.39, 0.29) is 6.42 Å². The summed E-state index contributed by atoms with van der Waals surface area (Å²) in [5.41, 5.74) is 1.67. The Morgan fingerprint density at radius 3 is 2.70 bits per heavy atom. The maximum Gasteiger partial charge on any atom is 0.311 e. The molecule has 1 aliphatic rings. The van der Waals surface area contributed by atoms with Gasteiger partial charge in [0.1, 0.15) is 24.4 Å². The molecule has 2 aromatic carbocycles. The molecule has 0 spiro atoms. The third-order valence-corrected chi connectivity index (χ3v) is 3.76. The molecular formula is C18H16O5. The predicted molar refractivity (Wildman–Crippen MR) is 81.8 cm³/mol. The molecule has 1 N–H and O–H groups in total. The summed E-state index contributed by atoms with van der Waals surface area (Å²) in [5, 5.41) is 9.22. The number of esters is 1. The summed E-state index contributed by atoms with van der Waals surface area (Å²) in [5.74, 6) is -1.76. The van der Waals surface area contributed by atoms with Crippen LogP contribution in [0.25, 0.3) is 0 Å². The van der Waals surface area contributed by atoms with Crippen molar-refractivity contribution in [1.29, 1.82) is 0 Å². The standard InChI is InChI=1S/C18H16O5/c19-16-10-15(18(20)21)17(23-16)13-7-4-8-14(9-13)22-11-12-5-2-1-3-6-12/h1-9,15,17H,10-11H2,(H,20,21)/t15-,17+/m0/s1. The van der Waals surface area contributed by atoms with Crippen LogP contribution in [0.3, 0.4) is 0 Å². The Morgan fingerprint density at radius 1 is 1.17 bits per heavy atom. The molecule has 1 heterocycles. The number of ether oxygens (including phenoxy) is 2. The highest BCUT2D eigenvalue weighted by Crippen LogP contribution is 2.36. The molecule has 118 valence electrons. The maximum atomic E-state index is 11.4. The molecule has 0 aliphatic carbocycles. The van der Waals surface area contributed by atoms with E-state index in [0.29, 0.717) is 17.9 Å². The second-order valence-corrected chi connectivity index (χ2v) is 5.41. The first-order chi connectivity index (χ1) is 11.1. The topological polar surface area (TPSA) is 72.8 Å². The molecule has 0 amide bonds. The van der Waals surface area contributed by atoms with Gasteiger partial charge in [0, 0.05) is 0 Å². The number of carbonyl (C=O) groups excluding carboxylic acids is 1. The molecule has 3 rings (SSSR count). The lowest BCUT2D eigenvalue weighted by Crippen LogP contribution is -2.17. The summed E-state index contributed by atoms with van der Waals surface area (Å²) in [4.78, 5) is 22.7. The molecular weight excluding hydrogens is 296 g/mol. The molecule has 1 fully saturated rings. The first-order valence-corrected chi connectivity index (χ1v) is 7.32. The zero-order valence-corrected chi connectivity index (χ0v) is 12.3. The second-order valence-electron chi connectivity index (χ2n) is 5.41. The van der Waals surface area contributed by atoms with Gasteiger partial charge in [-0.2, -0.15) is 0 Å². The Morgan fingerprint density at radius 2 is 1.96 bits per heavy atom. The average molecular weight is 312 g/mol. The van der Waals surface area contributed by atoms with Crippen LogP contribution in [0.4, 0.5) is 0 Å². The van der Waals surface area contributed by atoms with Crippen molar-refractivity contribution >= 4 is 11.9 Å². The van der Waals surface area contributed by atoms with Gasteiger partial charge in [-0.25, -0.2) is 0 Å². The molecule has 2 aromatic rings. The first kappa shape index (κ1) is 15.1. The van der Waals surface area contributed by atoms with E-state index in [2.05, 4.69) is 0 Å². The number of cyclic esters (lactones) is 1. The fraction of sp³-hybridized carbons (Fsp3) is 0.222. The molecule has 1 aliphatic heterocycles. The van der Waals surface area contributed by atoms with Crippen molar-refractivity contribution in [3.05, 3.63) is 65.7 Å². The zero-order valence-electron chi connectivity index (χ0n) is 12.3. The summed E-state index contributed by atoms with van der Waals surface area (Å²) in [6, 6.07) is 16.8. The van der Waals surface area contributed by atoms with E-state index >= 15 is 0 Å². The van der Waals surface area contributed by atoms with Gasteiger partial charge in [-0.3, -0.25) is 9.59 Å². The van der Waals surface area contributed by atoms with Crippen LogP contribution in [0.15, 0.2) is 54.6 Å². The molecule has 2 atom stereocenters. The highest BCUT2D eigenvalue weighted by molar-refractivity contribution is 5.82. The van der Waals surface area contributed by atoms with E-state index in [9.17, 15) is 14.7 Å². The van der Waals surface area contributed by atoms with E-state index < -0.39 is 24.0 Å². The minimum Gasteiger partial charge on any atom is -0.489 e. The van der Waals surface area contributed by atoms with Crippen LogP contribution in [0, 0.1) is 5.92 Å². The van der Waals surface area contributed by atoms with Crippen LogP contribution in [0.1, 0.15) is 23.7 Å². The lowest BCUT2D eigenvalue weighted by molar-refractivity contribution is -0.144. The number of carboxylic acids is 1. The highest BCUT2D eigenvalue weighted by atomic mass is 16.6. The molecule has 0 saturated carbocycles. The van der Waals surface area contributed by atoms with Crippen molar-refractivity contribution in [2.75, 3.05) is 0 Å². The Balaban J connectivity index is 1.74. The van der Waals surface area contributed by atoms with Crippen molar-refractivity contribution in [1.82, 2.24) is 0 Å². The van der Waals surface area contributed by atoms with E-state index in [0.717, 1.165) is 5.56 Å². The Hall–Kier alpha value is -2.82. The normalized spacial score (nSPS) is 20.1. The summed E-state index contributed by atoms with van der Waals surface area (Å²) in [6.07, 6.45) is -0.866. The van der Waals surface area contributed by atoms with Gasteiger partial charge in [0.05, 0.1) is 6.42 Å². The van der Waals surface area contributed by atoms with Crippen molar-refractivity contribution in [2.24, 2.45) is 5.92 Å². The van der Waals surface area contributed by atoms with Crippen molar-refractivity contribution in [3.8, 4) is 5.75 Å². The molecule has 0 bridgehead atoms. The average Bonchev–Trinajstić information content (AvgIpc) is 2.96. The summed E-state index contributed by atoms with van der Waals surface area (Å²) >= 11 is 0. The SMILES string of the molecule is O=C1C[C@H](C(=O)O)[C@@H](c2cccc(OCc3ccccc3)c2)O1. The third kappa shape index (κ3) is 3.51. The quantitative estimate of drug-likeness (QED) is 0.859. The molecule has 1 saturated heterocycles. The van der Waals surface area contributed by atoms with Gasteiger partial charge in [-0.05, 0) is 23.3 Å². The second kappa shape index (κ2) is 6.52. The van der Waals surface area contributed by atoms with Crippen LogP contribution in [0.5, 0.6) is 5.75 Å². The van der Waals surface area contributed by atoms with E-state index in [1.54, 1.807) is 24.3 Å². The van der Waals surface area contributed by atoms with Crippen LogP contribution >= 0.6 is 0 Å². The van der Waals surface area contributed by atoms with E-state index in [1.165, 1.54) is 0 Å². The number of rotatable bonds is 5. The minimum absolute atomic E-state index is 0.102. The zero-order chi connectivity index (χ0) is 16.2. The van der Waals surface area contributed by atoms with Gasteiger partial charge >= 0.3 is 11.9 Å². The highest BCUT2D eigenvalue weighted by Gasteiger charge is 2.40. The van der Waals surface area contributed by atoms with Gasteiger partial charge in [-0.1, -0.05) is 42.5 Å². The number of carbonyl (C=O) groups is 2. The monoisotopic (exact) mass is 312 g/mol. The van der Waals surface area contributed by atoms with E-state index in [1.807, 2.05) is 30.3 Å².